The lowest BCUT2D eigenvalue weighted by atomic mass is 10.1. The van der Waals surface area contributed by atoms with Gasteiger partial charge in [-0.05, 0) is 36.8 Å². The Labute approximate surface area is 197 Å². The van der Waals surface area contributed by atoms with Gasteiger partial charge in [-0.15, -0.1) is 0 Å². The summed E-state index contributed by atoms with van der Waals surface area (Å²) in [5, 5.41) is 0.498. The van der Waals surface area contributed by atoms with Crippen molar-refractivity contribution in [2.75, 3.05) is 20.3 Å². The molecule has 0 saturated carbocycles. The topological polar surface area (TPSA) is 64.4 Å². The van der Waals surface area contributed by atoms with Gasteiger partial charge < -0.3 is 9.64 Å². The highest BCUT2D eigenvalue weighted by molar-refractivity contribution is 5.94. The Morgan fingerprint density at radius 3 is 2.44 bits per heavy atom. The number of fused-ring (bicyclic) bond motifs is 1. The van der Waals surface area contributed by atoms with Crippen molar-refractivity contribution < 1.29 is 13.9 Å². The maximum absolute atomic E-state index is 14.5. The molecule has 7 heteroatoms. The van der Waals surface area contributed by atoms with Crippen molar-refractivity contribution in [3.63, 3.8) is 0 Å². The van der Waals surface area contributed by atoms with Crippen LogP contribution in [0.2, 0.25) is 0 Å². The average Bonchev–Trinajstić information content (AvgIpc) is 2.86. The molecule has 0 fully saturated rings. The Hall–Kier alpha value is -3.84. The molecule has 4 rings (SSSR count). The molecule has 0 aliphatic heterocycles. The first-order chi connectivity index (χ1) is 16.5. The molecule has 0 aliphatic carbocycles. The monoisotopic (exact) mass is 459 g/mol. The van der Waals surface area contributed by atoms with Crippen molar-refractivity contribution in [1.82, 2.24) is 14.5 Å². The molecular formula is C27H26FN3O3. The standard InChI is InChI=1S/C27H26FN3O3/c1-19(30(16-17-34-2)26(32)21-12-6-8-14-23(21)28)25-29-24-15-9-7-13-22(24)27(33)31(25)18-20-10-4-3-5-11-20/h3-15,19H,16-18H2,1-2H3. The van der Waals surface area contributed by atoms with Gasteiger partial charge in [-0.3, -0.25) is 14.2 Å². The van der Waals surface area contributed by atoms with Crippen molar-refractivity contribution in [3.8, 4) is 0 Å². The number of nitrogens with zero attached hydrogens (tertiary/aromatic N) is 3. The van der Waals surface area contributed by atoms with Gasteiger partial charge in [0.15, 0.2) is 0 Å². The van der Waals surface area contributed by atoms with Crippen LogP contribution in [0, 0.1) is 5.82 Å². The predicted molar refractivity (Wildman–Crippen MR) is 129 cm³/mol. The zero-order valence-corrected chi connectivity index (χ0v) is 19.1. The number of para-hydroxylation sites is 1. The Kier molecular flexibility index (Phi) is 7.13. The van der Waals surface area contributed by atoms with E-state index < -0.39 is 17.8 Å². The van der Waals surface area contributed by atoms with Crippen molar-refractivity contribution in [1.29, 1.82) is 0 Å². The van der Waals surface area contributed by atoms with Crippen LogP contribution < -0.4 is 5.56 Å². The molecule has 0 saturated heterocycles. The highest BCUT2D eigenvalue weighted by atomic mass is 19.1. The van der Waals surface area contributed by atoms with Crippen LogP contribution in [0.25, 0.3) is 10.9 Å². The van der Waals surface area contributed by atoms with Crippen LogP contribution in [0.3, 0.4) is 0 Å². The number of benzene rings is 3. The Morgan fingerprint density at radius 2 is 1.71 bits per heavy atom. The highest BCUT2D eigenvalue weighted by Gasteiger charge is 2.28. The molecule has 1 heterocycles. The van der Waals surface area contributed by atoms with Gasteiger partial charge in [0.05, 0.1) is 35.7 Å². The van der Waals surface area contributed by atoms with E-state index in [0.29, 0.717) is 23.3 Å². The molecule has 0 bridgehead atoms. The minimum absolute atomic E-state index is 0.0387. The second-order valence-corrected chi connectivity index (χ2v) is 8.01. The summed E-state index contributed by atoms with van der Waals surface area (Å²) >= 11 is 0. The van der Waals surface area contributed by atoms with E-state index >= 15 is 0 Å². The number of amides is 1. The van der Waals surface area contributed by atoms with E-state index in [9.17, 15) is 14.0 Å². The third kappa shape index (κ3) is 4.75. The molecule has 1 atom stereocenters. The maximum atomic E-state index is 14.5. The third-order valence-electron chi connectivity index (χ3n) is 5.82. The largest absolute Gasteiger partial charge is 0.383 e. The van der Waals surface area contributed by atoms with Gasteiger partial charge >= 0.3 is 0 Å². The molecule has 0 spiro atoms. The van der Waals surface area contributed by atoms with Gasteiger partial charge in [-0.2, -0.15) is 0 Å². The molecule has 0 radical (unpaired) electrons. The highest BCUT2D eigenvalue weighted by Crippen LogP contribution is 2.24. The lowest BCUT2D eigenvalue weighted by molar-refractivity contribution is 0.0598. The summed E-state index contributed by atoms with van der Waals surface area (Å²) in [5.41, 5.74) is 1.24. The number of ether oxygens (including phenoxy) is 1. The third-order valence-corrected chi connectivity index (χ3v) is 5.82. The first-order valence-corrected chi connectivity index (χ1v) is 11.1. The van der Waals surface area contributed by atoms with E-state index in [2.05, 4.69) is 0 Å². The SMILES string of the molecule is COCCN(C(=O)c1ccccc1F)C(C)c1nc2ccccc2c(=O)n1Cc1ccccc1. The number of carbonyl (C=O) groups excluding carboxylic acids is 1. The number of aromatic nitrogens is 2. The second kappa shape index (κ2) is 10.4. The first-order valence-electron chi connectivity index (χ1n) is 11.1. The minimum atomic E-state index is -0.622. The summed E-state index contributed by atoms with van der Waals surface area (Å²) in [7, 11) is 1.54. The zero-order valence-electron chi connectivity index (χ0n) is 19.1. The normalized spacial score (nSPS) is 12.0. The number of rotatable bonds is 8. The van der Waals surface area contributed by atoms with Gasteiger partial charge in [-0.25, -0.2) is 9.37 Å². The Balaban J connectivity index is 1.84. The van der Waals surface area contributed by atoms with Gasteiger partial charge in [0.25, 0.3) is 11.5 Å². The summed E-state index contributed by atoms with van der Waals surface area (Å²) in [6.07, 6.45) is 0. The maximum Gasteiger partial charge on any atom is 0.261 e. The van der Waals surface area contributed by atoms with Gasteiger partial charge in [-0.1, -0.05) is 54.6 Å². The van der Waals surface area contributed by atoms with Crippen LogP contribution in [0.5, 0.6) is 0 Å². The van der Waals surface area contributed by atoms with E-state index in [0.717, 1.165) is 5.56 Å². The molecule has 0 N–H and O–H groups in total. The Bertz CT molecular complexity index is 1350. The molecular weight excluding hydrogens is 433 g/mol. The molecule has 4 aromatic rings. The van der Waals surface area contributed by atoms with Crippen LogP contribution in [-0.2, 0) is 11.3 Å². The fraction of sp³-hybridized carbons (Fsp3) is 0.222. The predicted octanol–water partition coefficient (Wildman–Crippen LogP) is 4.43. The van der Waals surface area contributed by atoms with Gasteiger partial charge in [0.2, 0.25) is 0 Å². The lowest BCUT2D eigenvalue weighted by Gasteiger charge is -2.30. The Morgan fingerprint density at radius 1 is 1.03 bits per heavy atom. The molecule has 3 aromatic carbocycles. The molecule has 1 unspecified atom stereocenters. The van der Waals surface area contributed by atoms with E-state index in [1.807, 2.05) is 36.4 Å². The summed E-state index contributed by atoms with van der Waals surface area (Å²) in [4.78, 5) is 33.2. The van der Waals surface area contributed by atoms with Crippen LogP contribution >= 0.6 is 0 Å². The molecule has 1 aromatic heterocycles. The molecule has 34 heavy (non-hydrogen) atoms. The van der Waals surface area contributed by atoms with Crippen LogP contribution in [-0.4, -0.2) is 40.6 Å². The minimum Gasteiger partial charge on any atom is -0.383 e. The summed E-state index contributed by atoms with van der Waals surface area (Å²) in [5.74, 6) is -0.667. The molecule has 1 amide bonds. The fourth-order valence-corrected chi connectivity index (χ4v) is 4.01. The van der Waals surface area contributed by atoms with E-state index in [1.54, 1.807) is 35.8 Å². The molecule has 174 valence electrons. The van der Waals surface area contributed by atoms with Gasteiger partial charge in [0.1, 0.15) is 11.6 Å². The second-order valence-electron chi connectivity index (χ2n) is 8.01. The number of carbonyl (C=O) groups is 1. The number of hydrogen-bond acceptors (Lipinski definition) is 4. The van der Waals surface area contributed by atoms with Crippen LogP contribution in [0.15, 0.2) is 83.7 Å². The van der Waals surface area contributed by atoms with Crippen LogP contribution in [0.4, 0.5) is 4.39 Å². The fourth-order valence-electron chi connectivity index (χ4n) is 4.01. The van der Waals surface area contributed by atoms with E-state index in [4.69, 9.17) is 9.72 Å². The zero-order chi connectivity index (χ0) is 24.1. The van der Waals surface area contributed by atoms with Crippen molar-refractivity contribution >= 4 is 16.8 Å². The summed E-state index contributed by atoms with van der Waals surface area (Å²) in [6.45, 7) is 2.55. The summed E-state index contributed by atoms with van der Waals surface area (Å²) < 4.78 is 21.3. The molecule has 6 nitrogen and oxygen atoms in total. The number of halogens is 1. The van der Waals surface area contributed by atoms with Crippen molar-refractivity contribution in [3.05, 3.63) is 112 Å². The van der Waals surface area contributed by atoms with Gasteiger partial charge in [0, 0.05) is 13.7 Å². The summed E-state index contributed by atoms with van der Waals surface area (Å²) in [6, 6.07) is 22.0. The molecule has 0 aliphatic rings. The average molecular weight is 460 g/mol. The van der Waals surface area contributed by atoms with Crippen molar-refractivity contribution in [2.45, 2.75) is 19.5 Å². The van der Waals surface area contributed by atoms with Crippen molar-refractivity contribution in [2.24, 2.45) is 0 Å². The quantitative estimate of drug-likeness (QED) is 0.391. The van der Waals surface area contributed by atoms with E-state index in [1.165, 1.54) is 30.2 Å². The van der Waals surface area contributed by atoms with E-state index in [-0.39, 0.29) is 24.3 Å². The van der Waals surface area contributed by atoms with Crippen LogP contribution in [0.1, 0.15) is 34.7 Å². The lowest BCUT2D eigenvalue weighted by Crippen LogP contribution is -2.40. The first kappa shape index (κ1) is 23.3. The smallest absolute Gasteiger partial charge is 0.261 e. The number of methoxy groups -OCH3 is 1. The number of hydrogen-bond donors (Lipinski definition) is 0.